The second kappa shape index (κ2) is 16.3. The SMILES string of the molecule is Cc1cc(C)c(S(=O)(=O)N[C@@H](CNC(=O)CO[C@@H]2C[C@@H](CNc3ccc(C(F)(F)F)cn3)N(C(=O)OCc3ccccc3)C2)C(=O)O)c(C)c1. The van der Waals surface area contributed by atoms with Crippen LogP contribution < -0.4 is 15.4 Å². The zero-order valence-corrected chi connectivity index (χ0v) is 28.3. The van der Waals surface area contributed by atoms with E-state index in [1.54, 1.807) is 57.2 Å². The van der Waals surface area contributed by atoms with Gasteiger partial charge in [-0.2, -0.15) is 17.9 Å². The van der Waals surface area contributed by atoms with Crippen LogP contribution in [-0.2, 0) is 41.9 Å². The molecule has 17 heteroatoms. The van der Waals surface area contributed by atoms with Crippen molar-refractivity contribution in [2.45, 2.75) is 63.1 Å². The lowest BCUT2D eigenvalue weighted by Crippen LogP contribution is -2.49. The van der Waals surface area contributed by atoms with Gasteiger partial charge >= 0.3 is 18.2 Å². The third-order valence-electron chi connectivity index (χ3n) is 7.85. The van der Waals surface area contributed by atoms with Crippen LogP contribution in [0.2, 0.25) is 0 Å². The average Bonchev–Trinajstić information content (AvgIpc) is 3.46. The number of carbonyl (C=O) groups is 3. The maximum absolute atomic E-state index is 13.1. The highest BCUT2D eigenvalue weighted by Crippen LogP contribution is 2.29. The van der Waals surface area contributed by atoms with Crippen molar-refractivity contribution in [2.24, 2.45) is 0 Å². The Morgan fingerprint density at radius 1 is 1.06 bits per heavy atom. The highest BCUT2D eigenvalue weighted by molar-refractivity contribution is 7.89. The normalized spacial score (nSPS) is 16.9. The van der Waals surface area contributed by atoms with Crippen molar-refractivity contribution in [1.82, 2.24) is 19.9 Å². The molecule has 13 nitrogen and oxygen atoms in total. The van der Waals surface area contributed by atoms with E-state index in [0.717, 1.165) is 17.2 Å². The number of halogens is 3. The molecule has 1 aliphatic heterocycles. The number of ether oxygens (including phenoxy) is 2. The highest BCUT2D eigenvalue weighted by atomic mass is 32.2. The van der Waals surface area contributed by atoms with Crippen molar-refractivity contribution in [3.05, 3.63) is 88.6 Å². The number of aliphatic carboxylic acids is 1. The van der Waals surface area contributed by atoms with Crippen molar-refractivity contribution < 1.29 is 50.6 Å². The summed E-state index contributed by atoms with van der Waals surface area (Å²) < 4.78 is 78.3. The molecule has 3 aromatic rings. The number of hydrogen-bond acceptors (Lipinski definition) is 9. The summed E-state index contributed by atoms with van der Waals surface area (Å²) in [4.78, 5) is 42.8. The van der Waals surface area contributed by atoms with Crippen molar-refractivity contribution in [2.75, 3.05) is 31.6 Å². The summed E-state index contributed by atoms with van der Waals surface area (Å²) in [6.45, 7) is 3.98. The lowest BCUT2D eigenvalue weighted by Gasteiger charge is -2.24. The Morgan fingerprint density at radius 2 is 1.74 bits per heavy atom. The van der Waals surface area contributed by atoms with Crippen LogP contribution in [0.3, 0.4) is 0 Å². The van der Waals surface area contributed by atoms with Crippen LogP contribution in [-0.4, -0.2) is 85.8 Å². The number of alkyl halides is 3. The van der Waals surface area contributed by atoms with Crippen LogP contribution in [0.5, 0.6) is 0 Å². The molecule has 0 radical (unpaired) electrons. The molecule has 2 heterocycles. The number of pyridine rings is 1. The second-order valence-electron chi connectivity index (χ2n) is 11.9. The molecule has 4 N–H and O–H groups in total. The molecule has 1 saturated heterocycles. The fraction of sp³-hybridized carbons (Fsp3) is 0.394. The number of hydrogen-bond donors (Lipinski definition) is 4. The number of carbonyl (C=O) groups excluding carboxylic acids is 2. The van der Waals surface area contributed by atoms with Gasteiger partial charge in [0.25, 0.3) is 0 Å². The summed E-state index contributed by atoms with van der Waals surface area (Å²) in [5, 5.41) is 15.0. The van der Waals surface area contributed by atoms with Gasteiger partial charge in [0, 0.05) is 19.3 Å². The van der Waals surface area contributed by atoms with Gasteiger partial charge in [0.2, 0.25) is 15.9 Å². The standard InChI is InChI=1S/C33H38F3N5O8S/c1-20-11-21(2)30(22(3)12-20)50(46,47)40-27(31(43)44)16-39-29(42)19-48-26-13-25(15-38-28-10-9-24(14-37-28)33(34,35)36)41(17-26)32(45)49-18-23-7-5-4-6-8-23/h4-12,14,25-27,40H,13,15-19H2,1-3H3,(H,37,38)(H,39,42)(H,43,44)/t25-,26+,27-/m0/s1. The van der Waals surface area contributed by atoms with Crippen LogP contribution in [0.15, 0.2) is 65.7 Å². The maximum atomic E-state index is 13.1. The number of sulfonamides is 1. The van der Waals surface area contributed by atoms with Gasteiger partial charge in [-0.15, -0.1) is 0 Å². The molecule has 1 aromatic heterocycles. The number of nitrogens with one attached hydrogen (secondary N) is 3. The molecule has 0 saturated carbocycles. The van der Waals surface area contributed by atoms with E-state index in [1.165, 1.54) is 11.0 Å². The molecule has 0 bridgehead atoms. The molecule has 3 atom stereocenters. The molecule has 4 rings (SSSR count). The third kappa shape index (κ3) is 10.4. The van der Waals surface area contributed by atoms with Crippen LogP contribution in [0, 0.1) is 20.8 Å². The molecule has 1 fully saturated rings. The Balaban J connectivity index is 1.35. The predicted octanol–water partition coefficient (Wildman–Crippen LogP) is 3.78. The number of benzene rings is 2. The summed E-state index contributed by atoms with van der Waals surface area (Å²) >= 11 is 0. The summed E-state index contributed by atoms with van der Waals surface area (Å²) in [7, 11) is -4.26. The van der Waals surface area contributed by atoms with Crippen LogP contribution in [0.1, 0.15) is 34.2 Å². The molecule has 2 amide bonds. The minimum absolute atomic E-state index is 0.0116. The topological polar surface area (TPSA) is 176 Å². The van der Waals surface area contributed by atoms with E-state index in [4.69, 9.17) is 9.47 Å². The van der Waals surface area contributed by atoms with Gasteiger partial charge in [-0.05, 0) is 56.0 Å². The predicted molar refractivity (Wildman–Crippen MR) is 175 cm³/mol. The van der Waals surface area contributed by atoms with Crippen molar-refractivity contribution in [1.29, 1.82) is 0 Å². The van der Waals surface area contributed by atoms with E-state index in [0.29, 0.717) is 17.3 Å². The number of carboxylic acids is 1. The fourth-order valence-electron chi connectivity index (χ4n) is 5.58. The number of anilines is 1. The van der Waals surface area contributed by atoms with E-state index < -0.39 is 71.1 Å². The first-order valence-corrected chi connectivity index (χ1v) is 17.0. The first-order chi connectivity index (χ1) is 23.5. The molecule has 1 aliphatic rings. The monoisotopic (exact) mass is 721 g/mol. The zero-order valence-electron chi connectivity index (χ0n) is 27.5. The molecule has 50 heavy (non-hydrogen) atoms. The van der Waals surface area contributed by atoms with Gasteiger partial charge in [0.1, 0.15) is 25.1 Å². The van der Waals surface area contributed by atoms with Gasteiger partial charge in [0.15, 0.2) is 0 Å². The minimum Gasteiger partial charge on any atom is -0.480 e. The highest BCUT2D eigenvalue weighted by Gasteiger charge is 2.37. The van der Waals surface area contributed by atoms with Gasteiger partial charge < -0.3 is 30.1 Å². The molecule has 0 unspecified atom stereocenters. The van der Waals surface area contributed by atoms with Crippen LogP contribution >= 0.6 is 0 Å². The van der Waals surface area contributed by atoms with Crippen LogP contribution in [0.4, 0.5) is 23.8 Å². The number of carboxylic acid groups (broad SMARTS) is 1. The number of nitrogens with zero attached hydrogens (tertiary/aromatic N) is 2. The first kappa shape index (κ1) is 38.1. The Hall–Kier alpha value is -4.74. The van der Waals surface area contributed by atoms with Crippen molar-refractivity contribution in [3.8, 4) is 0 Å². The van der Waals surface area contributed by atoms with E-state index in [-0.39, 0.29) is 36.8 Å². The number of amides is 2. The van der Waals surface area contributed by atoms with E-state index in [1.807, 2.05) is 6.07 Å². The second-order valence-corrected chi connectivity index (χ2v) is 13.5. The van der Waals surface area contributed by atoms with E-state index in [2.05, 4.69) is 20.3 Å². The van der Waals surface area contributed by atoms with Gasteiger partial charge in [-0.3, -0.25) is 9.59 Å². The van der Waals surface area contributed by atoms with Crippen molar-refractivity contribution in [3.63, 3.8) is 0 Å². The summed E-state index contributed by atoms with van der Waals surface area (Å²) in [6.07, 6.45) is -4.98. The maximum Gasteiger partial charge on any atom is 0.417 e. The first-order valence-electron chi connectivity index (χ1n) is 15.5. The number of rotatable bonds is 14. The summed E-state index contributed by atoms with van der Waals surface area (Å²) in [5.41, 5.74) is 1.56. The summed E-state index contributed by atoms with van der Waals surface area (Å²) in [5.74, 6) is -2.09. The number of aromatic nitrogens is 1. The Morgan fingerprint density at radius 3 is 2.34 bits per heavy atom. The number of aryl methyl sites for hydroxylation is 3. The molecule has 0 spiro atoms. The molecule has 0 aliphatic carbocycles. The summed E-state index contributed by atoms with van der Waals surface area (Å²) in [6, 6.07) is 12.1. The average molecular weight is 722 g/mol. The fourth-order valence-corrected chi connectivity index (χ4v) is 7.22. The van der Waals surface area contributed by atoms with Crippen LogP contribution in [0.25, 0.3) is 0 Å². The third-order valence-corrected chi connectivity index (χ3v) is 9.62. The van der Waals surface area contributed by atoms with Gasteiger partial charge in [-0.25, -0.2) is 18.2 Å². The zero-order chi connectivity index (χ0) is 36.6. The lowest BCUT2D eigenvalue weighted by atomic mass is 10.1. The van der Waals surface area contributed by atoms with E-state index >= 15 is 0 Å². The Labute approximate surface area is 287 Å². The molecule has 2 aromatic carbocycles. The molecular weight excluding hydrogens is 683 g/mol. The minimum atomic E-state index is -4.55. The number of likely N-dealkylation sites (tertiary alicyclic amines) is 1. The smallest absolute Gasteiger partial charge is 0.417 e. The van der Waals surface area contributed by atoms with Gasteiger partial charge in [0.05, 0.1) is 29.1 Å². The lowest BCUT2D eigenvalue weighted by molar-refractivity contribution is -0.139. The Bertz CT molecular complexity index is 1750. The Kier molecular flexibility index (Phi) is 12.4. The van der Waals surface area contributed by atoms with E-state index in [9.17, 15) is 41.1 Å². The largest absolute Gasteiger partial charge is 0.480 e. The quantitative estimate of drug-likeness (QED) is 0.192. The molecule has 270 valence electrons. The van der Waals surface area contributed by atoms with Gasteiger partial charge in [-0.1, -0.05) is 48.0 Å². The molecular formula is C33H38F3N5O8S. The van der Waals surface area contributed by atoms with Crippen molar-refractivity contribution >= 4 is 33.8 Å².